The van der Waals surface area contributed by atoms with E-state index in [2.05, 4.69) is 25.3 Å². The maximum absolute atomic E-state index is 12.8. The minimum Gasteiger partial charge on any atom is -0.206 e. The second-order valence-corrected chi connectivity index (χ2v) is 6.20. The number of aryl methyl sites for hydroxylation is 1. The smallest absolute Gasteiger partial charge is 0.206 e. The summed E-state index contributed by atoms with van der Waals surface area (Å²) in [6.07, 6.45) is -2.66. The van der Waals surface area contributed by atoms with Crippen LogP contribution in [0, 0.1) is 0 Å². The summed E-state index contributed by atoms with van der Waals surface area (Å²) in [5, 5.41) is 12.8. The quantitative estimate of drug-likeness (QED) is 0.687. The molecule has 0 aliphatic carbocycles. The van der Waals surface area contributed by atoms with Crippen LogP contribution < -0.4 is 0 Å². The fourth-order valence-corrected chi connectivity index (χ4v) is 3.38. The van der Waals surface area contributed by atoms with Crippen molar-refractivity contribution in [1.82, 2.24) is 29.8 Å². The molecule has 21 heavy (non-hydrogen) atoms. The zero-order valence-electron chi connectivity index (χ0n) is 10.5. The molecular weight excluding hydrogens is 325 g/mol. The predicted octanol–water partition coefficient (Wildman–Crippen LogP) is 2.71. The monoisotopic (exact) mass is 332 g/mol. The van der Waals surface area contributed by atoms with Gasteiger partial charge in [0.15, 0.2) is 10.0 Å². The highest BCUT2D eigenvalue weighted by Crippen LogP contribution is 2.34. The summed E-state index contributed by atoms with van der Waals surface area (Å²) >= 11 is 2.38. The van der Waals surface area contributed by atoms with Crippen molar-refractivity contribution in [2.75, 3.05) is 0 Å². The van der Waals surface area contributed by atoms with Gasteiger partial charge in [-0.15, -0.1) is 10.2 Å². The minimum absolute atomic E-state index is 0.104. The summed E-state index contributed by atoms with van der Waals surface area (Å²) in [5.41, 5.74) is -1.01. The third kappa shape index (κ3) is 2.83. The Morgan fingerprint density at radius 2 is 2.14 bits per heavy atom. The minimum atomic E-state index is -4.54. The van der Waals surface area contributed by atoms with E-state index < -0.39 is 11.9 Å². The van der Waals surface area contributed by atoms with Crippen LogP contribution in [0.3, 0.4) is 0 Å². The molecule has 3 heterocycles. The van der Waals surface area contributed by atoms with Crippen LogP contribution in [-0.2, 0) is 12.6 Å². The molecule has 0 bridgehead atoms. The number of hydrogen-bond donors (Lipinski definition) is 0. The number of aromatic nitrogens is 6. The van der Waals surface area contributed by atoms with E-state index in [0.717, 1.165) is 35.6 Å². The summed E-state index contributed by atoms with van der Waals surface area (Å²) in [6.45, 7) is 1.93. The van der Waals surface area contributed by atoms with Crippen LogP contribution in [0.15, 0.2) is 21.8 Å². The Morgan fingerprint density at radius 1 is 1.33 bits per heavy atom. The second-order valence-electron chi connectivity index (χ2n) is 3.87. The molecule has 11 heteroatoms. The van der Waals surface area contributed by atoms with E-state index in [1.807, 2.05) is 6.92 Å². The van der Waals surface area contributed by atoms with Gasteiger partial charge in [0, 0.05) is 6.07 Å². The van der Waals surface area contributed by atoms with Crippen LogP contribution in [0.1, 0.15) is 17.6 Å². The van der Waals surface area contributed by atoms with Crippen molar-refractivity contribution in [3.8, 4) is 0 Å². The highest BCUT2D eigenvalue weighted by atomic mass is 32.2. The van der Waals surface area contributed by atoms with Crippen molar-refractivity contribution >= 4 is 28.9 Å². The molecule has 3 rings (SSSR count). The molecule has 0 saturated heterocycles. The van der Waals surface area contributed by atoms with Gasteiger partial charge in [-0.2, -0.15) is 27.8 Å². The summed E-state index contributed by atoms with van der Waals surface area (Å²) < 4.78 is 40.3. The fourth-order valence-electron chi connectivity index (χ4n) is 1.51. The number of halogens is 3. The molecule has 0 saturated carbocycles. The van der Waals surface area contributed by atoms with Crippen molar-refractivity contribution in [3.05, 3.63) is 23.1 Å². The van der Waals surface area contributed by atoms with Gasteiger partial charge in [0.1, 0.15) is 16.4 Å². The Labute approximate surface area is 124 Å². The van der Waals surface area contributed by atoms with E-state index in [0.29, 0.717) is 4.34 Å². The number of hydrogen-bond acceptors (Lipinski definition) is 7. The van der Waals surface area contributed by atoms with Gasteiger partial charge in [-0.1, -0.05) is 18.3 Å². The van der Waals surface area contributed by atoms with Crippen LogP contribution >= 0.6 is 23.1 Å². The topological polar surface area (TPSA) is 68.9 Å². The van der Waals surface area contributed by atoms with Gasteiger partial charge in [-0.25, -0.2) is 4.98 Å². The fraction of sp³-hybridized carbons (Fsp3) is 0.300. The highest BCUT2D eigenvalue weighted by molar-refractivity contribution is 8.01. The molecule has 3 aromatic rings. The largest absolute Gasteiger partial charge is 0.433 e. The highest BCUT2D eigenvalue weighted by Gasteiger charge is 2.34. The standard InChI is InChI=1S/C10H7F3N6S2/c1-2-6-17-18-9(20-6)21-7-3-5(10(11,12)13)16-8-14-4-15-19(7)8/h3-4H,2H2,1H3. The van der Waals surface area contributed by atoms with E-state index in [1.54, 1.807) is 0 Å². The van der Waals surface area contributed by atoms with Gasteiger partial charge >= 0.3 is 6.18 Å². The Balaban J connectivity index is 2.05. The zero-order chi connectivity index (χ0) is 15.0. The van der Waals surface area contributed by atoms with Gasteiger partial charge in [0.05, 0.1) is 0 Å². The maximum Gasteiger partial charge on any atom is 0.433 e. The maximum atomic E-state index is 12.8. The molecule has 6 nitrogen and oxygen atoms in total. The van der Waals surface area contributed by atoms with Crippen LogP contribution in [0.2, 0.25) is 0 Å². The predicted molar refractivity (Wildman–Crippen MR) is 69.2 cm³/mol. The molecular formula is C10H7F3N6S2. The number of fused-ring (bicyclic) bond motifs is 1. The SMILES string of the molecule is CCc1nnc(Sc2cc(C(F)(F)F)nc3ncnn23)s1. The van der Waals surface area contributed by atoms with E-state index in [-0.39, 0.29) is 10.8 Å². The van der Waals surface area contributed by atoms with Gasteiger partial charge in [-0.3, -0.25) is 0 Å². The molecule has 0 unspecified atom stereocenters. The number of nitrogens with zero attached hydrogens (tertiary/aromatic N) is 6. The Bertz CT molecular complexity index is 781. The van der Waals surface area contributed by atoms with Crippen molar-refractivity contribution in [1.29, 1.82) is 0 Å². The average Bonchev–Trinajstić information content (AvgIpc) is 3.05. The Hall–Kier alpha value is -1.75. The summed E-state index contributed by atoms with van der Waals surface area (Å²) in [7, 11) is 0. The summed E-state index contributed by atoms with van der Waals surface area (Å²) in [6, 6.07) is 0.930. The van der Waals surface area contributed by atoms with Crippen LogP contribution in [0.4, 0.5) is 13.2 Å². The molecule has 0 radical (unpaired) electrons. The summed E-state index contributed by atoms with van der Waals surface area (Å²) in [5.74, 6) is -0.104. The van der Waals surface area contributed by atoms with Gasteiger partial charge in [-0.05, 0) is 18.2 Å². The molecule has 0 aliphatic heterocycles. The molecule has 0 aromatic carbocycles. The van der Waals surface area contributed by atoms with Gasteiger partial charge in [0.2, 0.25) is 0 Å². The lowest BCUT2D eigenvalue weighted by Crippen LogP contribution is -2.10. The third-order valence-corrected chi connectivity index (χ3v) is 4.57. The number of rotatable bonds is 3. The molecule has 0 spiro atoms. The molecule has 0 fully saturated rings. The Morgan fingerprint density at radius 3 is 2.81 bits per heavy atom. The molecule has 110 valence electrons. The van der Waals surface area contributed by atoms with E-state index in [1.165, 1.54) is 15.9 Å². The second kappa shape index (κ2) is 5.22. The molecule has 0 N–H and O–H groups in total. The lowest BCUT2D eigenvalue weighted by atomic mass is 10.4. The van der Waals surface area contributed by atoms with Crippen LogP contribution in [0.25, 0.3) is 5.78 Å². The van der Waals surface area contributed by atoms with E-state index >= 15 is 0 Å². The first-order valence-electron chi connectivity index (χ1n) is 5.75. The van der Waals surface area contributed by atoms with Gasteiger partial charge in [0.25, 0.3) is 5.78 Å². The molecule has 0 amide bonds. The van der Waals surface area contributed by atoms with Crippen molar-refractivity contribution in [2.24, 2.45) is 0 Å². The zero-order valence-corrected chi connectivity index (χ0v) is 12.1. The van der Waals surface area contributed by atoms with Gasteiger partial charge < -0.3 is 0 Å². The molecule has 3 aromatic heterocycles. The summed E-state index contributed by atoms with van der Waals surface area (Å²) in [4.78, 5) is 7.16. The van der Waals surface area contributed by atoms with E-state index in [9.17, 15) is 13.2 Å². The van der Waals surface area contributed by atoms with Crippen LogP contribution in [0.5, 0.6) is 0 Å². The lowest BCUT2D eigenvalue weighted by molar-refractivity contribution is -0.141. The third-order valence-electron chi connectivity index (χ3n) is 2.45. The first kappa shape index (κ1) is 14.2. The van der Waals surface area contributed by atoms with Crippen LogP contribution in [-0.4, -0.2) is 29.8 Å². The van der Waals surface area contributed by atoms with Crippen molar-refractivity contribution in [2.45, 2.75) is 28.9 Å². The average molecular weight is 332 g/mol. The normalized spacial score (nSPS) is 12.2. The first-order valence-corrected chi connectivity index (χ1v) is 7.39. The van der Waals surface area contributed by atoms with E-state index in [4.69, 9.17) is 0 Å². The lowest BCUT2D eigenvalue weighted by Gasteiger charge is -2.07. The number of alkyl halides is 3. The van der Waals surface area contributed by atoms with Crippen molar-refractivity contribution < 1.29 is 13.2 Å². The Kier molecular flexibility index (Phi) is 3.53. The van der Waals surface area contributed by atoms with Crippen molar-refractivity contribution in [3.63, 3.8) is 0 Å². The first-order chi connectivity index (χ1) is 9.97. The molecule has 0 atom stereocenters. The molecule has 0 aliphatic rings.